The maximum atomic E-state index is 11.4. The number of carbonyl (C=O) groups excluding carboxylic acids is 2. The minimum atomic E-state index is -0.577. The van der Waals surface area contributed by atoms with Crippen molar-refractivity contribution in [2.75, 3.05) is 0 Å². The zero-order valence-corrected chi connectivity index (χ0v) is 10.8. The first-order valence-corrected chi connectivity index (χ1v) is 5.70. The molecule has 1 aliphatic heterocycles. The molecule has 0 radical (unpaired) electrons. The van der Waals surface area contributed by atoms with Gasteiger partial charge in [-0.15, -0.1) is 0 Å². The maximum Gasteiger partial charge on any atom is 0.348 e. The Kier molecular flexibility index (Phi) is 2.42. The maximum absolute atomic E-state index is 11.4. The molecule has 0 saturated heterocycles. The predicted molar refractivity (Wildman–Crippen MR) is 62.6 cm³/mol. The molecular formula is C12H11BrO3. The lowest BCUT2D eigenvalue weighted by molar-refractivity contribution is 0.0443. The molecule has 0 saturated carbocycles. The number of rotatable bonds is 0. The van der Waals surface area contributed by atoms with Gasteiger partial charge in [-0.25, -0.2) is 9.59 Å². The number of cyclic esters (lactones) is 2. The quantitative estimate of drug-likeness (QED) is 0.543. The van der Waals surface area contributed by atoms with Gasteiger partial charge in [0.15, 0.2) is 0 Å². The van der Waals surface area contributed by atoms with Crippen molar-refractivity contribution in [3.63, 3.8) is 0 Å². The third kappa shape index (κ3) is 1.67. The second-order valence-electron chi connectivity index (χ2n) is 4.81. The van der Waals surface area contributed by atoms with Gasteiger partial charge in [0.05, 0.1) is 11.1 Å². The number of hydrogen-bond acceptors (Lipinski definition) is 3. The average molecular weight is 283 g/mol. The molecule has 0 N–H and O–H groups in total. The van der Waals surface area contributed by atoms with Gasteiger partial charge in [-0.3, -0.25) is 0 Å². The predicted octanol–water partition coefficient (Wildman–Crippen LogP) is 3.06. The summed E-state index contributed by atoms with van der Waals surface area (Å²) in [4.78, 5) is 22.8. The van der Waals surface area contributed by atoms with Gasteiger partial charge in [0, 0.05) is 4.47 Å². The second-order valence-corrected chi connectivity index (χ2v) is 5.66. The van der Waals surface area contributed by atoms with Crippen LogP contribution in [-0.4, -0.2) is 11.9 Å². The zero-order chi connectivity index (χ0) is 12.1. The van der Waals surface area contributed by atoms with Crippen LogP contribution in [0, 0.1) is 0 Å². The topological polar surface area (TPSA) is 43.4 Å². The molecule has 0 atom stereocenters. The van der Waals surface area contributed by atoms with E-state index in [9.17, 15) is 9.59 Å². The van der Waals surface area contributed by atoms with Crippen LogP contribution in [0.5, 0.6) is 0 Å². The van der Waals surface area contributed by atoms with Crippen LogP contribution in [0.25, 0.3) is 0 Å². The molecule has 2 rings (SSSR count). The van der Waals surface area contributed by atoms with Crippen molar-refractivity contribution < 1.29 is 14.3 Å². The SMILES string of the molecule is CC(C)(C)c1cc(Br)c2c(c1)C(=O)OC2=O. The number of ether oxygens (including phenoxy) is 1. The molecule has 0 amide bonds. The molecule has 0 unspecified atom stereocenters. The standard InChI is InChI=1S/C12H11BrO3/c1-12(2,3)6-4-7-9(8(13)5-6)11(15)16-10(7)14/h4-5H,1-3H3. The molecule has 84 valence electrons. The fourth-order valence-electron chi connectivity index (χ4n) is 1.60. The molecule has 0 fully saturated rings. The lowest BCUT2D eigenvalue weighted by Crippen LogP contribution is -2.12. The van der Waals surface area contributed by atoms with Crippen molar-refractivity contribution in [1.82, 2.24) is 0 Å². The third-order valence-corrected chi connectivity index (χ3v) is 3.19. The number of halogens is 1. The van der Waals surface area contributed by atoms with Crippen LogP contribution in [0.2, 0.25) is 0 Å². The van der Waals surface area contributed by atoms with Gasteiger partial charge in [-0.2, -0.15) is 0 Å². The van der Waals surface area contributed by atoms with Crippen LogP contribution in [0.3, 0.4) is 0 Å². The van der Waals surface area contributed by atoms with E-state index in [1.54, 1.807) is 6.07 Å². The lowest BCUT2D eigenvalue weighted by atomic mass is 9.85. The van der Waals surface area contributed by atoms with Crippen molar-refractivity contribution in [2.45, 2.75) is 26.2 Å². The Balaban J connectivity index is 2.68. The average Bonchev–Trinajstić information content (AvgIpc) is 2.41. The van der Waals surface area contributed by atoms with Crippen molar-refractivity contribution in [3.8, 4) is 0 Å². The third-order valence-electron chi connectivity index (χ3n) is 2.57. The van der Waals surface area contributed by atoms with Gasteiger partial charge in [-0.05, 0) is 39.0 Å². The van der Waals surface area contributed by atoms with Crippen LogP contribution < -0.4 is 0 Å². The summed E-state index contributed by atoms with van der Waals surface area (Å²) >= 11 is 3.31. The first-order valence-electron chi connectivity index (χ1n) is 4.91. The molecule has 0 aromatic heterocycles. The van der Waals surface area contributed by atoms with Gasteiger partial charge in [0.2, 0.25) is 0 Å². The summed E-state index contributed by atoms with van der Waals surface area (Å²) in [6.45, 7) is 6.13. The minimum Gasteiger partial charge on any atom is -0.386 e. The Morgan fingerprint density at radius 1 is 1.12 bits per heavy atom. The summed E-state index contributed by atoms with van der Waals surface area (Å²) in [5.41, 5.74) is 1.59. The van der Waals surface area contributed by atoms with Gasteiger partial charge < -0.3 is 4.74 Å². The highest BCUT2D eigenvalue weighted by molar-refractivity contribution is 9.10. The van der Waals surface area contributed by atoms with E-state index in [1.807, 2.05) is 26.8 Å². The van der Waals surface area contributed by atoms with E-state index in [1.165, 1.54) is 0 Å². The molecule has 0 spiro atoms. The highest BCUT2D eigenvalue weighted by atomic mass is 79.9. The summed E-state index contributed by atoms with van der Waals surface area (Å²) in [5.74, 6) is -1.14. The van der Waals surface area contributed by atoms with E-state index < -0.39 is 11.9 Å². The smallest absolute Gasteiger partial charge is 0.348 e. The van der Waals surface area contributed by atoms with E-state index in [4.69, 9.17) is 0 Å². The minimum absolute atomic E-state index is 0.0799. The number of benzene rings is 1. The van der Waals surface area contributed by atoms with E-state index >= 15 is 0 Å². The first kappa shape index (κ1) is 11.3. The first-order chi connectivity index (χ1) is 7.30. The second kappa shape index (κ2) is 3.42. The zero-order valence-electron chi connectivity index (χ0n) is 9.26. The number of fused-ring (bicyclic) bond motifs is 1. The molecule has 4 heteroatoms. The normalized spacial score (nSPS) is 15.0. The van der Waals surface area contributed by atoms with Crippen molar-refractivity contribution >= 4 is 27.9 Å². The van der Waals surface area contributed by atoms with E-state index in [0.717, 1.165) is 5.56 Å². The van der Waals surface area contributed by atoms with Crippen molar-refractivity contribution in [3.05, 3.63) is 33.3 Å². The van der Waals surface area contributed by atoms with Gasteiger partial charge in [0.1, 0.15) is 0 Å². The molecule has 16 heavy (non-hydrogen) atoms. The molecule has 0 bridgehead atoms. The molecule has 3 nitrogen and oxygen atoms in total. The van der Waals surface area contributed by atoms with Crippen LogP contribution in [0.4, 0.5) is 0 Å². The monoisotopic (exact) mass is 282 g/mol. The molecule has 1 aromatic carbocycles. The molecule has 1 aromatic rings. The fourth-order valence-corrected chi connectivity index (χ4v) is 2.22. The van der Waals surface area contributed by atoms with Gasteiger partial charge in [-0.1, -0.05) is 20.8 Å². The van der Waals surface area contributed by atoms with Crippen LogP contribution in [0.15, 0.2) is 16.6 Å². The van der Waals surface area contributed by atoms with E-state index in [0.29, 0.717) is 15.6 Å². The Hall–Kier alpha value is -1.16. The molecule has 1 aliphatic rings. The Morgan fingerprint density at radius 3 is 2.31 bits per heavy atom. The van der Waals surface area contributed by atoms with E-state index in [2.05, 4.69) is 20.7 Å². The van der Waals surface area contributed by atoms with Gasteiger partial charge >= 0.3 is 11.9 Å². The van der Waals surface area contributed by atoms with Crippen LogP contribution >= 0.6 is 15.9 Å². The van der Waals surface area contributed by atoms with Crippen LogP contribution in [0.1, 0.15) is 47.1 Å². The highest BCUT2D eigenvalue weighted by Gasteiger charge is 2.33. The van der Waals surface area contributed by atoms with Crippen molar-refractivity contribution in [2.24, 2.45) is 0 Å². The molecule has 1 heterocycles. The summed E-state index contributed by atoms with van der Waals surface area (Å²) in [5, 5.41) is 0. The van der Waals surface area contributed by atoms with Gasteiger partial charge in [0.25, 0.3) is 0 Å². The Bertz CT molecular complexity index is 498. The Morgan fingerprint density at radius 2 is 1.75 bits per heavy atom. The number of hydrogen-bond donors (Lipinski definition) is 0. The number of carbonyl (C=O) groups is 2. The Labute approximate surface area is 102 Å². The van der Waals surface area contributed by atoms with Crippen LogP contribution in [-0.2, 0) is 10.2 Å². The highest BCUT2D eigenvalue weighted by Crippen LogP contribution is 2.33. The number of esters is 2. The largest absolute Gasteiger partial charge is 0.386 e. The molecule has 0 aliphatic carbocycles. The summed E-state index contributed by atoms with van der Waals surface area (Å²) < 4.78 is 5.19. The fraction of sp³-hybridized carbons (Fsp3) is 0.333. The summed E-state index contributed by atoms with van der Waals surface area (Å²) in [7, 11) is 0. The van der Waals surface area contributed by atoms with E-state index in [-0.39, 0.29) is 5.41 Å². The summed E-state index contributed by atoms with van der Waals surface area (Å²) in [6, 6.07) is 3.59. The summed E-state index contributed by atoms with van der Waals surface area (Å²) in [6.07, 6.45) is 0. The van der Waals surface area contributed by atoms with Crippen molar-refractivity contribution in [1.29, 1.82) is 0 Å². The lowest BCUT2D eigenvalue weighted by Gasteiger charge is -2.19. The molecular weight excluding hydrogens is 272 g/mol.